The molecule has 4 amide bonds. The molecule has 0 unspecified atom stereocenters. The highest BCUT2D eigenvalue weighted by Gasteiger charge is 2.31. The normalized spacial score (nSPS) is 13.2. The van der Waals surface area contributed by atoms with Gasteiger partial charge in [0.25, 0.3) is 5.91 Å². The highest BCUT2D eigenvalue weighted by Crippen LogP contribution is 2.29. The van der Waals surface area contributed by atoms with Crippen LogP contribution in [0.25, 0.3) is 0 Å². The Bertz CT molecular complexity index is 1100. The summed E-state index contributed by atoms with van der Waals surface area (Å²) in [7, 11) is 0. The molecule has 0 saturated carbocycles. The Labute approximate surface area is 180 Å². The van der Waals surface area contributed by atoms with Gasteiger partial charge in [-0.3, -0.25) is 14.3 Å². The Kier molecular flexibility index (Phi) is 5.57. The number of nitrogens with zero attached hydrogens (tertiary/aromatic N) is 1. The maximum absolute atomic E-state index is 12.7. The molecular formula is C20H14ClN3O3S2. The molecule has 0 bridgehead atoms. The van der Waals surface area contributed by atoms with E-state index in [9.17, 15) is 14.4 Å². The zero-order valence-corrected chi connectivity index (χ0v) is 17.2. The van der Waals surface area contributed by atoms with Crippen molar-refractivity contribution in [3.8, 4) is 0 Å². The molecule has 0 saturated heterocycles. The molecule has 2 N–H and O–H groups in total. The molecule has 1 aromatic heterocycles. The van der Waals surface area contributed by atoms with Gasteiger partial charge >= 0.3 is 6.03 Å². The second-order valence-corrected chi connectivity index (χ2v) is 8.95. The Balaban J connectivity index is 1.42. The first-order valence-electron chi connectivity index (χ1n) is 8.56. The van der Waals surface area contributed by atoms with Crippen LogP contribution in [0.3, 0.4) is 0 Å². The summed E-state index contributed by atoms with van der Waals surface area (Å²) in [5.41, 5.74) is 2.26. The van der Waals surface area contributed by atoms with E-state index in [1.165, 1.54) is 16.2 Å². The first kappa shape index (κ1) is 19.5. The van der Waals surface area contributed by atoms with E-state index >= 15 is 0 Å². The molecular weight excluding hydrogens is 430 g/mol. The van der Waals surface area contributed by atoms with Crippen LogP contribution in [0.1, 0.15) is 15.9 Å². The largest absolute Gasteiger partial charge is 0.329 e. The number of hydrogen-bond acceptors (Lipinski definition) is 5. The number of rotatable bonds is 4. The van der Waals surface area contributed by atoms with Gasteiger partial charge in [-0.25, -0.2) is 9.69 Å². The first-order chi connectivity index (χ1) is 14.0. The van der Waals surface area contributed by atoms with E-state index in [0.29, 0.717) is 21.3 Å². The van der Waals surface area contributed by atoms with Gasteiger partial charge in [0.15, 0.2) is 0 Å². The molecule has 1 aliphatic heterocycles. The second-order valence-electron chi connectivity index (χ2n) is 6.13. The molecule has 2 heterocycles. The second kappa shape index (κ2) is 8.28. The van der Waals surface area contributed by atoms with Crippen LogP contribution in [0, 0.1) is 0 Å². The molecule has 0 radical (unpaired) electrons. The maximum atomic E-state index is 12.7. The van der Waals surface area contributed by atoms with Gasteiger partial charge in [0, 0.05) is 11.3 Å². The molecule has 0 aliphatic carbocycles. The summed E-state index contributed by atoms with van der Waals surface area (Å²) in [5, 5.41) is 2.70. The monoisotopic (exact) mass is 443 g/mol. The van der Waals surface area contributed by atoms with Gasteiger partial charge in [0.1, 0.15) is 0 Å². The third kappa shape index (κ3) is 4.29. The number of imide groups is 1. The van der Waals surface area contributed by atoms with Crippen molar-refractivity contribution in [3.05, 3.63) is 76.1 Å². The summed E-state index contributed by atoms with van der Waals surface area (Å²) in [6.07, 6.45) is 0.175. The molecule has 146 valence electrons. The molecule has 6 nitrogen and oxygen atoms in total. The number of fused-ring (bicyclic) bond motifs is 1. The van der Waals surface area contributed by atoms with Crippen molar-refractivity contribution in [2.45, 2.75) is 10.6 Å². The van der Waals surface area contributed by atoms with Gasteiger partial charge in [0.2, 0.25) is 5.91 Å². The first-order valence-corrected chi connectivity index (χ1v) is 10.6. The number of hydrogen-bond donors (Lipinski definition) is 2. The fraction of sp³-hybridized carbons (Fsp3) is 0.0500. The molecule has 0 fully saturated rings. The van der Waals surface area contributed by atoms with Crippen LogP contribution < -0.4 is 14.9 Å². The van der Waals surface area contributed by atoms with Crippen LogP contribution in [-0.4, -0.2) is 17.8 Å². The van der Waals surface area contributed by atoms with Crippen molar-refractivity contribution in [2.24, 2.45) is 0 Å². The molecule has 0 spiro atoms. The smallest absolute Gasteiger partial charge is 0.307 e. The van der Waals surface area contributed by atoms with Crippen LogP contribution >= 0.6 is 34.9 Å². The van der Waals surface area contributed by atoms with E-state index in [-0.39, 0.29) is 18.2 Å². The average molecular weight is 444 g/mol. The number of halogens is 1. The number of thiophene rings is 1. The molecule has 9 heteroatoms. The lowest BCUT2D eigenvalue weighted by atomic mass is 9.98. The van der Waals surface area contributed by atoms with E-state index in [4.69, 9.17) is 11.6 Å². The highest BCUT2D eigenvalue weighted by atomic mass is 35.5. The quantitative estimate of drug-likeness (QED) is 0.441. The molecule has 3 aromatic rings. The maximum Gasteiger partial charge on any atom is 0.329 e. The van der Waals surface area contributed by atoms with E-state index in [1.807, 2.05) is 12.1 Å². The van der Waals surface area contributed by atoms with Gasteiger partial charge < -0.3 is 5.32 Å². The third-order valence-corrected chi connectivity index (χ3v) is 6.37. The number of carbonyl (C=O) groups excluding carboxylic acids is 3. The lowest BCUT2D eigenvalue weighted by Crippen LogP contribution is -2.42. The molecule has 1 aliphatic rings. The predicted molar refractivity (Wildman–Crippen MR) is 116 cm³/mol. The van der Waals surface area contributed by atoms with Crippen molar-refractivity contribution in [1.82, 2.24) is 4.72 Å². The Hall–Kier alpha value is -2.81. The molecule has 4 rings (SSSR count). The number of nitrogens with one attached hydrogen (secondary N) is 2. The highest BCUT2D eigenvalue weighted by molar-refractivity contribution is 7.99. The van der Waals surface area contributed by atoms with Crippen LogP contribution in [0.5, 0.6) is 0 Å². The summed E-state index contributed by atoms with van der Waals surface area (Å²) < 4.78 is 4.18. The summed E-state index contributed by atoms with van der Waals surface area (Å²) in [6.45, 7) is 0. The predicted octanol–water partition coefficient (Wildman–Crippen LogP) is 4.96. The van der Waals surface area contributed by atoms with Crippen LogP contribution in [0.4, 0.5) is 16.2 Å². The van der Waals surface area contributed by atoms with Crippen molar-refractivity contribution >= 4 is 64.1 Å². The minimum Gasteiger partial charge on any atom is -0.307 e. The number of benzene rings is 2. The minimum atomic E-state index is -0.397. The fourth-order valence-electron chi connectivity index (χ4n) is 2.92. The van der Waals surface area contributed by atoms with Crippen LogP contribution in [-0.2, 0) is 11.2 Å². The van der Waals surface area contributed by atoms with Gasteiger partial charge in [-0.05, 0) is 60.0 Å². The van der Waals surface area contributed by atoms with Gasteiger partial charge in [0.05, 0.1) is 20.7 Å². The van der Waals surface area contributed by atoms with Crippen LogP contribution in [0.15, 0.2) is 64.9 Å². The Morgan fingerprint density at radius 3 is 2.52 bits per heavy atom. The number of amides is 4. The molecule has 0 atom stereocenters. The standard InChI is InChI=1S/C20H14ClN3O3S2/c21-16-9-10-18(28-16)29-23-20(27)22-13-5-7-14(8-6-13)24-17(25)11-12-3-1-2-4-15(12)19(24)26/h1-10H,11H2,(H2,22,23,27). The molecule has 2 aromatic carbocycles. The van der Waals surface area contributed by atoms with E-state index in [2.05, 4.69) is 10.0 Å². The SMILES string of the molecule is O=C(NSc1ccc(Cl)s1)Nc1ccc(N2C(=O)Cc3ccccc3C2=O)cc1. The minimum absolute atomic E-state index is 0.175. The zero-order chi connectivity index (χ0) is 20.4. The van der Waals surface area contributed by atoms with Crippen molar-refractivity contribution < 1.29 is 14.4 Å². The summed E-state index contributed by atoms with van der Waals surface area (Å²) in [5.74, 6) is -0.625. The lowest BCUT2D eigenvalue weighted by molar-refractivity contribution is -0.117. The zero-order valence-electron chi connectivity index (χ0n) is 14.8. The van der Waals surface area contributed by atoms with Gasteiger partial charge in [-0.15, -0.1) is 11.3 Å². The topological polar surface area (TPSA) is 78.5 Å². The summed E-state index contributed by atoms with van der Waals surface area (Å²) in [6, 6.07) is 16.8. The number of urea groups is 1. The van der Waals surface area contributed by atoms with E-state index in [1.54, 1.807) is 48.5 Å². The fourth-order valence-corrected chi connectivity index (χ4v) is 4.78. The van der Waals surface area contributed by atoms with Crippen LogP contribution in [0.2, 0.25) is 4.34 Å². The summed E-state index contributed by atoms with van der Waals surface area (Å²) in [4.78, 5) is 38.4. The average Bonchev–Trinajstić information content (AvgIpc) is 3.13. The van der Waals surface area contributed by atoms with Gasteiger partial charge in [-0.2, -0.15) is 0 Å². The summed E-state index contributed by atoms with van der Waals surface area (Å²) >= 11 is 8.39. The van der Waals surface area contributed by atoms with E-state index in [0.717, 1.165) is 21.7 Å². The Morgan fingerprint density at radius 2 is 1.79 bits per heavy atom. The molecule has 29 heavy (non-hydrogen) atoms. The Morgan fingerprint density at radius 1 is 1.03 bits per heavy atom. The van der Waals surface area contributed by atoms with Gasteiger partial charge in [-0.1, -0.05) is 29.8 Å². The van der Waals surface area contributed by atoms with E-state index < -0.39 is 6.03 Å². The number of anilines is 2. The number of carbonyl (C=O) groups is 3. The third-order valence-electron chi connectivity index (χ3n) is 4.22. The van der Waals surface area contributed by atoms with Crippen molar-refractivity contribution in [1.29, 1.82) is 0 Å². The van der Waals surface area contributed by atoms with Crippen molar-refractivity contribution in [2.75, 3.05) is 10.2 Å². The lowest BCUT2D eigenvalue weighted by Gasteiger charge is -2.26. The van der Waals surface area contributed by atoms with Crippen molar-refractivity contribution in [3.63, 3.8) is 0 Å².